The molecular formula is C20H31NO2. The van der Waals surface area contributed by atoms with Crippen molar-refractivity contribution in [1.29, 1.82) is 0 Å². The van der Waals surface area contributed by atoms with Crippen molar-refractivity contribution in [3.63, 3.8) is 0 Å². The highest BCUT2D eigenvalue weighted by atomic mass is 16.5. The molecule has 1 aliphatic heterocycles. The molecule has 1 aromatic carbocycles. The van der Waals surface area contributed by atoms with Gasteiger partial charge in [0.1, 0.15) is 0 Å². The van der Waals surface area contributed by atoms with E-state index in [9.17, 15) is 4.79 Å². The molecule has 1 aliphatic rings. The Morgan fingerprint density at radius 1 is 1.09 bits per heavy atom. The van der Waals surface area contributed by atoms with Crippen LogP contribution in [0.1, 0.15) is 62.4 Å². The molecule has 3 nitrogen and oxygen atoms in total. The molecule has 0 radical (unpaired) electrons. The Hall–Kier alpha value is -1.19. The lowest BCUT2D eigenvalue weighted by Gasteiger charge is -2.34. The van der Waals surface area contributed by atoms with Crippen molar-refractivity contribution in [2.45, 2.75) is 65.1 Å². The van der Waals surface area contributed by atoms with Crippen LogP contribution in [0.4, 0.5) is 0 Å². The van der Waals surface area contributed by atoms with Gasteiger partial charge in [-0.15, -0.1) is 0 Å². The highest BCUT2D eigenvalue weighted by molar-refractivity contribution is 5.97. The van der Waals surface area contributed by atoms with Crippen molar-refractivity contribution < 1.29 is 9.53 Å². The molecule has 2 rings (SSSR count). The minimum atomic E-state index is 0.206. The van der Waals surface area contributed by atoms with E-state index < -0.39 is 0 Å². The monoisotopic (exact) mass is 317 g/mol. The summed E-state index contributed by atoms with van der Waals surface area (Å²) < 4.78 is 5.72. The molecule has 0 amide bonds. The normalized spacial score (nSPS) is 22.2. The fourth-order valence-electron chi connectivity index (χ4n) is 3.32. The van der Waals surface area contributed by atoms with Gasteiger partial charge in [0.15, 0.2) is 5.78 Å². The van der Waals surface area contributed by atoms with Crippen LogP contribution in [0.15, 0.2) is 24.3 Å². The Morgan fingerprint density at radius 3 is 2.35 bits per heavy atom. The summed E-state index contributed by atoms with van der Waals surface area (Å²) in [6.07, 6.45) is 6.65. The summed E-state index contributed by atoms with van der Waals surface area (Å²) in [4.78, 5) is 14.7. The van der Waals surface area contributed by atoms with E-state index in [4.69, 9.17) is 4.74 Å². The predicted molar refractivity (Wildman–Crippen MR) is 95.1 cm³/mol. The van der Waals surface area contributed by atoms with Gasteiger partial charge in [0.05, 0.1) is 18.8 Å². The Kier molecular flexibility index (Phi) is 7.25. The first-order valence-corrected chi connectivity index (χ1v) is 9.08. The summed E-state index contributed by atoms with van der Waals surface area (Å²) in [5.41, 5.74) is 2.17. The average Bonchev–Trinajstić information content (AvgIpc) is 2.51. The van der Waals surface area contributed by atoms with Gasteiger partial charge in [-0.25, -0.2) is 0 Å². The van der Waals surface area contributed by atoms with Crippen LogP contribution in [0.25, 0.3) is 0 Å². The van der Waals surface area contributed by atoms with E-state index in [1.54, 1.807) is 0 Å². The third-order valence-electron chi connectivity index (χ3n) is 4.46. The minimum absolute atomic E-state index is 0.206. The molecule has 0 spiro atoms. The summed E-state index contributed by atoms with van der Waals surface area (Å²) in [5.74, 6) is 0.212. The highest BCUT2D eigenvalue weighted by Gasteiger charge is 2.23. The SMILES string of the molecule is CCCCCCc1ccc(C(=O)CN2CC(C)OC(C)C2)cc1. The number of hydrogen-bond acceptors (Lipinski definition) is 3. The topological polar surface area (TPSA) is 29.5 Å². The van der Waals surface area contributed by atoms with Crippen LogP contribution < -0.4 is 0 Å². The number of nitrogens with zero attached hydrogens (tertiary/aromatic N) is 1. The summed E-state index contributed by atoms with van der Waals surface area (Å²) in [6, 6.07) is 8.21. The van der Waals surface area contributed by atoms with E-state index in [-0.39, 0.29) is 18.0 Å². The lowest BCUT2D eigenvalue weighted by atomic mass is 10.0. The zero-order valence-electron chi connectivity index (χ0n) is 14.9. The van der Waals surface area contributed by atoms with Gasteiger partial charge in [-0.3, -0.25) is 9.69 Å². The van der Waals surface area contributed by atoms with Gasteiger partial charge in [0.25, 0.3) is 0 Å². The van der Waals surface area contributed by atoms with E-state index in [2.05, 4.69) is 37.8 Å². The first-order valence-electron chi connectivity index (χ1n) is 9.08. The molecular weight excluding hydrogens is 286 g/mol. The number of benzene rings is 1. The minimum Gasteiger partial charge on any atom is -0.373 e. The molecule has 0 aromatic heterocycles. The second-order valence-electron chi connectivity index (χ2n) is 6.88. The molecule has 0 aliphatic carbocycles. The van der Waals surface area contributed by atoms with Crippen molar-refractivity contribution >= 4 is 5.78 Å². The van der Waals surface area contributed by atoms with E-state index in [1.807, 2.05) is 12.1 Å². The highest BCUT2D eigenvalue weighted by Crippen LogP contribution is 2.13. The number of carbonyl (C=O) groups is 1. The lowest BCUT2D eigenvalue weighted by molar-refractivity contribution is -0.0652. The first-order chi connectivity index (χ1) is 11.1. The zero-order chi connectivity index (χ0) is 16.7. The van der Waals surface area contributed by atoms with Crippen LogP contribution in [0.5, 0.6) is 0 Å². The molecule has 0 bridgehead atoms. The Balaban J connectivity index is 1.82. The molecule has 0 saturated carbocycles. The molecule has 0 N–H and O–H groups in total. The van der Waals surface area contributed by atoms with Crippen LogP contribution in [0.3, 0.4) is 0 Å². The van der Waals surface area contributed by atoms with Crippen molar-refractivity contribution in [2.75, 3.05) is 19.6 Å². The second kappa shape index (κ2) is 9.19. The number of rotatable bonds is 8. The van der Waals surface area contributed by atoms with Gasteiger partial charge in [0.2, 0.25) is 0 Å². The number of hydrogen-bond donors (Lipinski definition) is 0. The van der Waals surface area contributed by atoms with Crippen LogP contribution in [-0.4, -0.2) is 42.5 Å². The van der Waals surface area contributed by atoms with Crippen molar-refractivity contribution in [2.24, 2.45) is 0 Å². The molecule has 2 atom stereocenters. The Morgan fingerprint density at radius 2 is 1.74 bits per heavy atom. The van der Waals surface area contributed by atoms with Crippen molar-refractivity contribution in [3.05, 3.63) is 35.4 Å². The molecule has 1 saturated heterocycles. The molecule has 1 aromatic rings. The van der Waals surface area contributed by atoms with Gasteiger partial charge < -0.3 is 4.74 Å². The number of Topliss-reactive ketones (excluding diaryl/α,β-unsaturated/α-hetero) is 1. The molecule has 1 heterocycles. The molecule has 3 heteroatoms. The van der Waals surface area contributed by atoms with Crippen LogP contribution >= 0.6 is 0 Å². The van der Waals surface area contributed by atoms with Gasteiger partial charge in [-0.1, -0.05) is 50.5 Å². The standard InChI is InChI=1S/C20H31NO2/c1-4-5-6-7-8-18-9-11-19(12-10-18)20(22)15-21-13-16(2)23-17(3)14-21/h9-12,16-17H,4-8,13-15H2,1-3H3. The number of aryl methyl sites for hydroxylation is 1. The van der Waals surface area contributed by atoms with Crippen molar-refractivity contribution in [3.8, 4) is 0 Å². The number of unbranched alkanes of at least 4 members (excludes halogenated alkanes) is 3. The first kappa shape index (κ1) is 18.2. The zero-order valence-corrected chi connectivity index (χ0v) is 14.9. The predicted octanol–water partition coefficient (Wildman–Crippen LogP) is 4.10. The molecule has 128 valence electrons. The average molecular weight is 317 g/mol. The molecule has 1 fully saturated rings. The van der Waals surface area contributed by atoms with Crippen molar-refractivity contribution in [1.82, 2.24) is 4.90 Å². The summed E-state index contributed by atoms with van der Waals surface area (Å²) in [7, 11) is 0. The molecule has 23 heavy (non-hydrogen) atoms. The third-order valence-corrected chi connectivity index (χ3v) is 4.46. The van der Waals surface area contributed by atoms with Gasteiger partial charge in [0, 0.05) is 18.7 Å². The number of ketones is 1. The quantitative estimate of drug-likeness (QED) is 0.534. The van der Waals surface area contributed by atoms with Gasteiger partial charge >= 0.3 is 0 Å². The maximum atomic E-state index is 12.5. The summed E-state index contributed by atoms with van der Waals surface area (Å²) >= 11 is 0. The Labute approximate surface area is 141 Å². The van der Waals surface area contributed by atoms with Gasteiger partial charge in [-0.05, 0) is 32.3 Å². The van der Waals surface area contributed by atoms with E-state index in [0.29, 0.717) is 6.54 Å². The Bertz CT molecular complexity index is 473. The van der Waals surface area contributed by atoms with Crippen LogP contribution in [0.2, 0.25) is 0 Å². The fourth-order valence-corrected chi connectivity index (χ4v) is 3.32. The van der Waals surface area contributed by atoms with E-state index >= 15 is 0 Å². The van der Waals surface area contributed by atoms with Crippen LogP contribution in [0, 0.1) is 0 Å². The fraction of sp³-hybridized carbons (Fsp3) is 0.650. The third kappa shape index (κ3) is 6.08. The smallest absolute Gasteiger partial charge is 0.176 e. The van der Waals surface area contributed by atoms with E-state index in [0.717, 1.165) is 25.1 Å². The van der Waals surface area contributed by atoms with Gasteiger partial charge in [-0.2, -0.15) is 0 Å². The number of carbonyl (C=O) groups excluding carboxylic acids is 1. The second-order valence-corrected chi connectivity index (χ2v) is 6.88. The largest absolute Gasteiger partial charge is 0.373 e. The summed E-state index contributed by atoms with van der Waals surface area (Å²) in [5, 5.41) is 0. The lowest BCUT2D eigenvalue weighted by Crippen LogP contribution is -2.47. The summed E-state index contributed by atoms with van der Waals surface area (Å²) in [6.45, 7) is 8.54. The number of ether oxygens (including phenoxy) is 1. The maximum Gasteiger partial charge on any atom is 0.176 e. The van der Waals surface area contributed by atoms with E-state index in [1.165, 1.54) is 31.2 Å². The maximum absolute atomic E-state index is 12.5. The van der Waals surface area contributed by atoms with Crippen LogP contribution in [-0.2, 0) is 11.2 Å². The molecule has 2 unspecified atom stereocenters. The number of morpholine rings is 1.